The molecule has 0 aromatic carbocycles. The largest absolute Gasteiger partial charge is 0.467 e. The van der Waals surface area contributed by atoms with Gasteiger partial charge in [0.25, 0.3) is 0 Å². The summed E-state index contributed by atoms with van der Waals surface area (Å²) in [5.74, 6) is -0.579. The Kier molecular flexibility index (Phi) is 8.61. The molecule has 20 heavy (non-hydrogen) atoms. The van der Waals surface area contributed by atoms with E-state index in [1.165, 1.54) is 7.11 Å². The molecule has 1 fully saturated rings. The average molecular weight is 281 g/mol. The predicted octanol–water partition coefficient (Wildman–Crippen LogP) is 3.14. The molecular weight excluding hydrogens is 254 g/mol. The minimum atomic E-state index is -0.847. The summed E-state index contributed by atoms with van der Waals surface area (Å²) in [5, 5.41) is 2.84. The second kappa shape index (κ2) is 9.34. The summed E-state index contributed by atoms with van der Waals surface area (Å²) >= 11 is 0. The highest BCUT2D eigenvalue weighted by molar-refractivity contribution is 5.97. The molecule has 0 aliphatic heterocycles. The van der Waals surface area contributed by atoms with E-state index in [4.69, 9.17) is 4.74 Å². The first-order chi connectivity index (χ1) is 9.55. The van der Waals surface area contributed by atoms with Crippen LogP contribution in [0.5, 0.6) is 0 Å². The molecule has 0 heterocycles. The molecule has 1 amide bonds. The van der Waals surface area contributed by atoms with E-state index in [2.05, 4.69) is 11.9 Å². The van der Waals surface area contributed by atoms with Gasteiger partial charge in [-0.2, -0.15) is 0 Å². The van der Waals surface area contributed by atoms with E-state index in [0.29, 0.717) is 18.4 Å². The van der Waals surface area contributed by atoms with Gasteiger partial charge in [-0.25, -0.2) is 4.79 Å². The van der Waals surface area contributed by atoms with Crippen LogP contribution in [0.3, 0.4) is 0 Å². The molecule has 1 aliphatic carbocycles. The molecule has 0 aromatic heterocycles. The van der Waals surface area contributed by atoms with Gasteiger partial charge < -0.3 is 10.1 Å². The lowest BCUT2D eigenvalue weighted by atomic mass is 9.81. The van der Waals surface area contributed by atoms with Crippen molar-refractivity contribution in [3.8, 4) is 0 Å². The highest BCUT2D eigenvalue weighted by atomic mass is 16.5. The predicted molar refractivity (Wildman–Crippen MR) is 81.3 cm³/mol. The first kappa shape index (κ1) is 18.4. The average Bonchev–Trinajstić information content (AvgIpc) is 2.49. The second-order valence-corrected chi connectivity index (χ2v) is 4.67. The molecule has 0 unspecified atom stereocenters. The number of esters is 1. The van der Waals surface area contributed by atoms with Crippen molar-refractivity contribution in [3.05, 3.63) is 24.3 Å². The molecule has 0 bridgehead atoms. The summed E-state index contributed by atoms with van der Waals surface area (Å²) in [7, 11) is 1.36. The fourth-order valence-corrected chi connectivity index (χ4v) is 2.30. The Morgan fingerprint density at radius 1 is 1.20 bits per heavy atom. The van der Waals surface area contributed by atoms with Crippen molar-refractivity contribution in [3.63, 3.8) is 0 Å². The van der Waals surface area contributed by atoms with Crippen LogP contribution in [0.4, 0.5) is 0 Å². The fourth-order valence-electron chi connectivity index (χ4n) is 2.30. The van der Waals surface area contributed by atoms with E-state index in [1.807, 2.05) is 13.8 Å². The van der Waals surface area contributed by atoms with Gasteiger partial charge in [-0.1, -0.05) is 51.8 Å². The molecule has 1 aliphatic rings. The zero-order valence-corrected chi connectivity index (χ0v) is 13.1. The van der Waals surface area contributed by atoms with Gasteiger partial charge >= 0.3 is 5.97 Å². The summed E-state index contributed by atoms with van der Waals surface area (Å²) in [6.07, 6.45) is 7.43. The van der Waals surface area contributed by atoms with Crippen LogP contribution in [0.25, 0.3) is 0 Å². The molecule has 114 valence electrons. The molecule has 0 aromatic rings. The van der Waals surface area contributed by atoms with Gasteiger partial charge in [-0.05, 0) is 19.8 Å². The van der Waals surface area contributed by atoms with Crippen LogP contribution in [-0.2, 0) is 14.3 Å². The highest BCUT2D eigenvalue weighted by Crippen LogP contribution is 2.29. The number of amides is 1. The smallest absolute Gasteiger partial charge is 0.331 e. The number of allylic oxidation sites excluding steroid dienone is 2. The molecule has 0 radical (unpaired) electrons. The monoisotopic (exact) mass is 281 g/mol. The lowest BCUT2D eigenvalue weighted by Gasteiger charge is -2.35. The Morgan fingerprint density at radius 3 is 2.20 bits per heavy atom. The maximum Gasteiger partial charge on any atom is 0.331 e. The van der Waals surface area contributed by atoms with Gasteiger partial charge in [0.1, 0.15) is 5.54 Å². The minimum absolute atomic E-state index is 0.234. The van der Waals surface area contributed by atoms with E-state index < -0.39 is 5.54 Å². The Morgan fingerprint density at radius 2 is 1.75 bits per heavy atom. The maximum atomic E-state index is 12.0. The van der Waals surface area contributed by atoms with Gasteiger partial charge in [0.2, 0.25) is 5.91 Å². The molecular formula is C16H27NO3. The summed E-state index contributed by atoms with van der Waals surface area (Å²) < 4.78 is 4.84. The van der Waals surface area contributed by atoms with Gasteiger partial charge in [0.05, 0.1) is 7.11 Å². The molecule has 0 atom stereocenters. The van der Waals surface area contributed by atoms with Crippen LogP contribution in [0.15, 0.2) is 24.3 Å². The summed E-state index contributed by atoms with van der Waals surface area (Å²) in [6, 6.07) is 0. The van der Waals surface area contributed by atoms with Gasteiger partial charge in [0.15, 0.2) is 0 Å². The van der Waals surface area contributed by atoms with Crippen LogP contribution in [0.1, 0.15) is 52.9 Å². The van der Waals surface area contributed by atoms with Crippen LogP contribution in [-0.4, -0.2) is 24.5 Å². The van der Waals surface area contributed by atoms with Crippen molar-refractivity contribution in [1.29, 1.82) is 0 Å². The van der Waals surface area contributed by atoms with Crippen molar-refractivity contribution >= 4 is 11.9 Å². The summed E-state index contributed by atoms with van der Waals surface area (Å²) in [5.41, 5.74) is -0.306. The third-order valence-corrected chi connectivity index (χ3v) is 3.36. The van der Waals surface area contributed by atoms with E-state index >= 15 is 0 Å². The lowest BCUT2D eigenvalue weighted by Crippen LogP contribution is -2.56. The van der Waals surface area contributed by atoms with Crippen LogP contribution >= 0.6 is 0 Å². The maximum absolute atomic E-state index is 12.0. The van der Waals surface area contributed by atoms with E-state index in [9.17, 15) is 9.59 Å². The van der Waals surface area contributed by atoms with Crippen molar-refractivity contribution in [2.24, 2.45) is 0 Å². The summed E-state index contributed by atoms with van der Waals surface area (Å²) in [6.45, 7) is 9.25. The van der Waals surface area contributed by atoms with Crippen LogP contribution in [0.2, 0.25) is 0 Å². The molecule has 0 spiro atoms. The normalized spacial score (nSPS) is 17.3. The summed E-state index contributed by atoms with van der Waals surface area (Å²) in [4.78, 5) is 23.9. The third-order valence-electron chi connectivity index (χ3n) is 3.36. The number of hydrogen-bond acceptors (Lipinski definition) is 3. The Hall–Kier alpha value is -1.58. The first-order valence-electron chi connectivity index (χ1n) is 7.26. The quantitative estimate of drug-likeness (QED) is 0.489. The van der Waals surface area contributed by atoms with Crippen molar-refractivity contribution in [1.82, 2.24) is 5.32 Å². The number of methoxy groups -OCH3 is 1. The van der Waals surface area contributed by atoms with Crippen LogP contribution < -0.4 is 5.32 Å². The molecule has 4 heteroatoms. The van der Waals surface area contributed by atoms with Gasteiger partial charge in [0, 0.05) is 5.57 Å². The van der Waals surface area contributed by atoms with Gasteiger partial charge in [-0.3, -0.25) is 4.79 Å². The van der Waals surface area contributed by atoms with Gasteiger partial charge in [-0.15, -0.1) is 0 Å². The number of ether oxygens (including phenoxy) is 1. The molecule has 1 N–H and O–H groups in total. The molecule has 1 saturated carbocycles. The molecule has 1 rings (SSSR count). The second-order valence-electron chi connectivity index (χ2n) is 4.67. The SMILES string of the molecule is C=C/C=C(\C)C(=O)NC1(C(=O)OC)CCCCC1.CC. The Labute approximate surface area is 122 Å². The third kappa shape index (κ3) is 4.83. The minimum Gasteiger partial charge on any atom is -0.467 e. The number of carbonyl (C=O) groups excluding carboxylic acids is 2. The molecule has 0 saturated heterocycles. The van der Waals surface area contributed by atoms with Crippen molar-refractivity contribution < 1.29 is 14.3 Å². The van der Waals surface area contributed by atoms with E-state index in [1.54, 1.807) is 19.1 Å². The highest BCUT2D eigenvalue weighted by Gasteiger charge is 2.41. The van der Waals surface area contributed by atoms with Crippen molar-refractivity contribution in [2.45, 2.75) is 58.4 Å². The number of nitrogens with one attached hydrogen (secondary N) is 1. The van der Waals surface area contributed by atoms with E-state index in [0.717, 1.165) is 19.3 Å². The zero-order chi connectivity index (χ0) is 15.6. The lowest BCUT2D eigenvalue weighted by molar-refractivity contribution is -0.152. The topological polar surface area (TPSA) is 55.4 Å². The number of rotatable bonds is 4. The number of carbonyl (C=O) groups is 2. The number of hydrogen-bond donors (Lipinski definition) is 1. The van der Waals surface area contributed by atoms with E-state index in [-0.39, 0.29) is 11.9 Å². The molecule has 4 nitrogen and oxygen atoms in total. The Bertz CT molecular complexity index is 366. The van der Waals surface area contributed by atoms with Crippen molar-refractivity contribution in [2.75, 3.05) is 7.11 Å². The fraction of sp³-hybridized carbons (Fsp3) is 0.625. The first-order valence-corrected chi connectivity index (χ1v) is 7.26. The standard InChI is InChI=1S/C14H21NO3.C2H6/c1-4-8-11(2)12(16)15-14(13(17)18-3)9-6-5-7-10-14;1-2/h4,8H,1,5-7,9-10H2,2-3H3,(H,15,16);1-2H3/b11-8+;. The van der Waals surface area contributed by atoms with Crippen LogP contribution in [0, 0.1) is 0 Å². The zero-order valence-electron chi connectivity index (χ0n) is 13.1. The Balaban J connectivity index is 0.00000172.